The van der Waals surface area contributed by atoms with Gasteiger partial charge in [-0.15, -0.1) is 0 Å². The van der Waals surface area contributed by atoms with Crippen molar-refractivity contribution >= 4 is 29.1 Å². The van der Waals surface area contributed by atoms with Crippen LogP contribution in [0.5, 0.6) is 11.5 Å². The van der Waals surface area contributed by atoms with Gasteiger partial charge in [0.2, 0.25) is 0 Å². The van der Waals surface area contributed by atoms with Gasteiger partial charge in [-0.2, -0.15) is 5.26 Å². The molecule has 0 spiro atoms. The molecule has 4 rings (SSSR count). The van der Waals surface area contributed by atoms with Crippen LogP contribution in [0.1, 0.15) is 16.7 Å². The molecule has 0 atom stereocenters. The molecule has 7 heteroatoms. The van der Waals surface area contributed by atoms with Crippen molar-refractivity contribution in [2.24, 2.45) is 0 Å². The number of rotatable bonds is 7. The van der Waals surface area contributed by atoms with Crippen molar-refractivity contribution < 1.29 is 23.8 Å². The minimum atomic E-state index is -1.42. The number of aliphatic carboxylic acids is 1. The van der Waals surface area contributed by atoms with Crippen LogP contribution in [0.4, 0.5) is 21.5 Å². The smallest absolute Gasteiger partial charge is 0.346 e. The molecule has 0 aliphatic heterocycles. The summed E-state index contributed by atoms with van der Waals surface area (Å²) in [6.07, 6.45) is 0.991. The summed E-state index contributed by atoms with van der Waals surface area (Å²) in [4.78, 5) is 13.1. The fraction of sp³-hybridized carbons (Fsp3) is 0.0625. The molecule has 39 heavy (non-hydrogen) atoms. The van der Waals surface area contributed by atoms with Crippen LogP contribution in [-0.4, -0.2) is 25.3 Å². The number of methoxy groups -OCH3 is 2. The Kier molecular flexibility index (Phi) is 8.26. The highest BCUT2D eigenvalue weighted by molar-refractivity contribution is 5.96. The molecule has 0 bridgehead atoms. The number of benzene rings is 4. The maximum Gasteiger partial charge on any atom is 0.346 e. The molecule has 0 heterocycles. The lowest BCUT2D eigenvalue weighted by Crippen LogP contribution is -2.09. The van der Waals surface area contributed by atoms with E-state index in [1.54, 1.807) is 20.3 Å². The Balaban J connectivity index is 1.61. The molecule has 1 N–H and O–H groups in total. The topological polar surface area (TPSA) is 82.8 Å². The van der Waals surface area contributed by atoms with E-state index >= 15 is 0 Å². The molecule has 6 nitrogen and oxygen atoms in total. The van der Waals surface area contributed by atoms with E-state index in [0.717, 1.165) is 40.2 Å². The number of hydrogen-bond acceptors (Lipinski definition) is 5. The fourth-order valence-corrected chi connectivity index (χ4v) is 3.77. The number of halogens is 1. The Morgan fingerprint density at radius 3 is 1.69 bits per heavy atom. The Morgan fingerprint density at radius 1 is 0.795 bits per heavy atom. The molecule has 4 aromatic carbocycles. The molecular formula is C32H23FN2O4. The van der Waals surface area contributed by atoms with Crippen LogP contribution in [0.25, 0.3) is 6.08 Å². The third-order valence-electron chi connectivity index (χ3n) is 5.79. The van der Waals surface area contributed by atoms with Crippen molar-refractivity contribution in [3.8, 4) is 29.4 Å². The van der Waals surface area contributed by atoms with E-state index in [0.29, 0.717) is 5.56 Å². The van der Waals surface area contributed by atoms with Crippen LogP contribution < -0.4 is 14.4 Å². The van der Waals surface area contributed by atoms with Crippen LogP contribution in [0, 0.1) is 29.0 Å². The summed E-state index contributed by atoms with van der Waals surface area (Å²) in [5.41, 5.74) is 3.38. The van der Waals surface area contributed by atoms with Gasteiger partial charge in [-0.1, -0.05) is 17.9 Å². The highest BCUT2D eigenvalue weighted by Crippen LogP contribution is 2.36. The minimum Gasteiger partial charge on any atom is -0.497 e. The molecule has 0 radical (unpaired) electrons. The highest BCUT2D eigenvalue weighted by Gasteiger charge is 2.13. The Morgan fingerprint density at radius 2 is 1.26 bits per heavy atom. The quantitative estimate of drug-likeness (QED) is 0.166. The fourth-order valence-electron chi connectivity index (χ4n) is 3.77. The van der Waals surface area contributed by atoms with Crippen LogP contribution in [0.15, 0.2) is 96.6 Å². The van der Waals surface area contributed by atoms with Gasteiger partial charge in [0.25, 0.3) is 0 Å². The molecular weight excluding hydrogens is 495 g/mol. The molecule has 0 amide bonds. The summed E-state index contributed by atoms with van der Waals surface area (Å²) >= 11 is 0. The standard InChI is InChI=1S/C32H23FN2O4/c1-38-29-15-11-27(12-16-29)35(28-13-17-30(39-2)18-14-28)26-9-6-22(7-10-26)3-4-23-5-8-24(31(33)19-23)20-25(21-34)32(36)37/h5-20H,1-2H3,(H,36,37). The number of nitriles is 1. The SMILES string of the molecule is COc1ccc(N(c2ccc(C#Cc3ccc(C=C(C#N)C(=O)O)c(F)c3)cc2)c2ccc(OC)cc2)cc1. The van der Waals surface area contributed by atoms with Gasteiger partial charge in [0.1, 0.15) is 29.0 Å². The predicted molar refractivity (Wildman–Crippen MR) is 148 cm³/mol. The summed E-state index contributed by atoms with van der Waals surface area (Å²) < 4.78 is 25.1. The summed E-state index contributed by atoms with van der Waals surface area (Å²) in [6, 6.07) is 28.8. The predicted octanol–water partition coefficient (Wildman–Crippen LogP) is 6.70. The molecule has 192 valence electrons. The molecule has 0 unspecified atom stereocenters. The van der Waals surface area contributed by atoms with Gasteiger partial charge >= 0.3 is 5.97 Å². The Bertz CT molecular complexity index is 1560. The summed E-state index contributed by atoms with van der Waals surface area (Å²) in [7, 11) is 3.25. The zero-order valence-electron chi connectivity index (χ0n) is 21.2. The van der Waals surface area contributed by atoms with Gasteiger partial charge in [-0.25, -0.2) is 9.18 Å². The second kappa shape index (κ2) is 12.1. The number of carboxylic acids is 1. The van der Waals surface area contributed by atoms with Crippen molar-refractivity contribution in [3.63, 3.8) is 0 Å². The average Bonchev–Trinajstić information content (AvgIpc) is 2.97. The monoisotopic (exact) mass is 518 g/mol. The van der Waals surface area contributed by atoms with E-state index in [-0.39, 0.29) is 5.56 Å². The van der Waals surface area contributed by atoms with Crippen molar-refractivity contribution in [1.29, 1.82) is 5.26 Å². The number of ether oxygens (including phenoxy) is 2. The number of carbonyl (C=O) groups is 1. The first-order chi connectivity index (χ1) is 18.9. The van der Waals surface area contributed by atoms with E-state index in [1.165, 1.54) is 18.2 Å². The number of carboxylic acid groups (broad SMARTS) is 1. The van der Waals surface area contributed by atoms with Gasteiger partial charge in [-0.3, -0.25) is 0 Å². The summed E-state index contributed by atoms with van der Waals surface area (Å²) in [5, 5.41) is 17.8. The molecule has 0 aliphatic carbocycles. The van der Waals surface area contributed by atoms with Crippen molar-refractivity contribution in [1.82, 2.24) is 0 Å². The Labute approximate surface area is 225 Å². The first kappa shape index (κ1) is 26.5. The first-order valence-electron chi connectivity index (χ1n) is 11.8. The lowest BCUT2D eigenvalue weighted by Gasteiger charge is -2.25. The van der Waals surface area contributed by atoms with Gasteiger partial charge < -0.3 is 19.5 Å². The zero-order valence-corrected chi connectivity index (χ0v) is 21.2. The maximum atomic E-state index is 14.5. The summed E-state index contributed by atoms with van der Waals surface area (Å²) in [5.74, 6) is 5.38. The third-order valence-corrected chi connectivity index (χ3v) is 5.79. The number of nitrogens with zero attached hydrogens (tertiary/aromatic N) is 2. The molecule has 0 aromatic heterocycles. The normalized spacial score (nSPS) is 10.6. The van der Waals surface area contributed by atoms with Gasteiger partial charge in [0, 0.05) is 33.8 Å². The van der Waals surface area contributed by atoms with Gasteiger partial charge in [-0.05, 0) is 91.0 Å². The molecule has 0 fully saturated rings. The second-order valence-corrected chi connectivity index (χ2v) is 8.24. The van der Waals surface area contributed by atoms with Crippen molar-refractivity contribution in [2.45, 2.75) is 0 Å². The minimum absolute atomic E-state index is 0.000933. The molecule has 0 saturated heterocycles. The largest absolute Gasteiger partial charge is 0.497 e. The first-order valence-corrected chi connectivity index (χ1v) is 11.8. The lowest BCUT2D eigenvalue weighted by molar-refractivity contribution is -0.132. The van der Waals surface area contributed by atoms with Crippen LogP contribution >= 0.6 is 0 Å². The van der Waals surface area contributed by atoms with E-state index in [1.807, 2.05) is 72.8 Å². The van der Waals surface area contributed by atoms with E-state index in [9.17, 15) is 9.18 Å². The molecule has 4 aromatic rings. The van der Waals surface area contributed by atoms with Gasteiger partial charge in [0.05, 0.1) is 14.2 Å². The third kappa shape index (κ3) is 6.43. The molecule has 0 saturated carbocycles. The average molecular weight is 519 g/mol. The van der Waals surface area contributed by atoms with Gasteiger partial charge in [0.15, 0.2) is 0 Å². The van der Waals surface area contributed by atoms with Crippen LogP contribution in [-0.2, 0) is 4.79 Å². The van der Waals surface area contributed by atoms with Crippen LogP contribution in [0.2, 0.25) is 0 Å². The van der Waals surface area contributed by atoms with E-state index < -0.39 is 17.4 Å². The van der Waals surface area contributed by atoms with Crippen molar-refractivity contribution in [2.75, 3.05) is 19.1 Å². The Hall–Kier alpha value is -5.53. The summed E-state index contributed by atoms with van der Waals surface area (Å²) in [6.45, 7) is 0. The second-order valence-electron chi connectivity index (χ2n) is 8.24. The highest BCUT2D eigenvalue weighted by atomic mass is 19.1. The van der Waals surface area contributed by atoms with E-state index in [2.05, 4.69) is 16.7 Å². The maximum absolute atomic E-state index is 14.5. The lowest BCUT2D eigenvalue weighted by atomic mass is 10.1. The van der Waals surface area contributed by atoms with Crippen LogP contribution in [0.3, 0.4) is 0 Å². The molecule has 0 aliphatic rings. The van der Waals surface area contributed by atoms with E-state index in [4.69, 9.17) is 19.8 Å². The number of anilines is 3. The number of hydrogen-bond donors (Lipinski definition) is 1. The zero-order chi connectivity index (χ0) is 27.8. The van der Waals surface area contributed by atoms with Crippen molar-refractivity contribution in [3.05, 3.63) is 119 Å².